The summed E-state index contributed by atoms with van der Waals surface area (Å²) in [7, 11) is 0. The zero-order valence-corrected chi connectivity index (χ0v) is 10.6. The number of hydrogen-bond acceptors (Lipinski definition) is 2. The van der Waals surface area contributed by atoms with Crippen molar-refractivity contribution in [1.82, 2.24) is 0 Å². The number of alkyl halides is 3. The number of halogens is 3. The molecule has 5 heteroatoms. The van der Waals surface area contributed by atoms with Crippen molar-refractivity contribution >= 4 is 0 Å². The van der Waals surface area contributed by atoms with Crippen LogP contribution in [-0.2, 0) is 6.18 Å². The molecule has 0 saturated heterocycles. The minimum absolute atomic E-state index is 0.184. The molecule has 0 aliphatic heterocycles. The summed E-state index contributed by atoms with van der Waals surface area (Å²) in [5.74, 6) is 0. The Bertz CT molecular complexity index is 578. The van der Waals surface area contributed by atoms with Gasteiger partial charge in [-0.1, -0.05) is 30.3 Å². The van der Waals surface area contributed by atoms with Gasteiger partial charge in [-0.3, -0.25) is 0 Å². The van der Waals surface area contributed by atoms with E-state index in [2.05, 4.69) is 0 Å². The lowest BCUT2D eigenvalue weighted by molar-refractivity contribution is -0.137. The minimum atomic E-state index is -4.33. The van der Waals surface area contributed by atoms with Crippen molar-refractivity contribution in [2.45, 2.75) is 12.2 Å². The lowest BCUT2D eigenvalue weighted by atomic mass is 9.99. The van der Waals surface area contributed by atoms with Gasteiger partial charge in [0.05, 0.1) is 18.2 Å². The van der Waals surface area contributed by atoms with E-state index in [0.29, 0.717) is 5.56 Å². The summed E-state index contributed by atoms with van der Waals surface area (Å²) >= 11 is 0. The van der Waals surface area contributed by atoms with E-state index in [4.69, 9.17) is 10.8 Å². The largest absolute Gasteiger partial charge is 0.416 e. The van der Waals surface area contributed by atoms with Crippen molar-refractivity contribution in [2.24, 2.45) is 5.73 Å². The van der Waals surface area contributed by atoms with Crippen LogP contribution in [0.25, 0.3) is 11.1 Å². The maximum absolute atomic E-state index is 12.5. The summed E-state index contributed by atoms with van der Waals surface area (Å²) < 4.78 is 37.5. The number of aliphatic hydroxyl groups excluding tert-OH is 1. The number of benzene rings is 2. The summed E-state index contributed by atoms with van der Waals surface area (Å²) in [6, 6.07) is 11.5. The second-order valence-electron chi connectivity index (χ2n) is 4.49. The van der Waals surface area contributed by atoms with E-state index in [1.54, 1.807) is 24.3 Å². The summed E-state index contributed by atoms with van der Waals surface area (Å²) in [6.45, 7) is -0.184. The molecule has 0 radical (unpaired) electrons. The van der Waals surface area contributed by atoms with Crippen molar-refractivity contribution in [1.29, 1.82) is 0 Å². The fraction of sp³-hybridized carbons (Fsp3) is 0.200. The summed E-state index contributed by atoms with van der Waals surface area (Å²) in [6.07, 6.45) is -4.33. The first-order valence-electron chi connectivity index (χ1n) is 6.06. The summed E-state index contributed by atoms with van der Waals surface area (Å²) in [5.41, 5.74) is 7.22. The molecule has 0 saturated carbocycles. The maximum Gasteiger partial charge on any atom is 0.416 e. The minimum Gasteiger partial charge on any atom is -0.394 e. The Kier molecular flexibility index (Phi) is 4.11. The van der Waals surface area contributed by atoms with Crippen LogP contribution in [0, 0.1) is 0 Å². The van der Waals surface area contributed by atoms with Gasteiger partial charge in [0.15, 0.2) is 0 Å². The quantitative estimate of drug-likeness (QED) is 0.906. The van der Waals surface area contributed by atoms with Gasteiger partial charge in [-0.2, -0.15) is 13.2 Å². The van der Waals surface area contributed by atoms with Gasteiger partial charge in [0.1, 0.15) is 0 Å². The molecule has 1 atom stereocenters. The molecule has 0 amide bonds. The van der Waals surface area contributed by atoms with Crippen molar-refractivity contribution in [2.75, 3.05) is 6.61 Å². The maximum atomic E-state index is 12.5. The van der Waals surface area contributed by atoms with Crippen LogP contribution in [0.3, 0.4) is 0 Å². The fourth-order valence-electron chi connectivity index (χ4n) is 1.91. The third-order valence-electron chi connectivity index (χ3n) is 3.06. The zero-order valence-electron chi connectivity index (χ0n) is 10.6. The Morgan fingerprint density at radius 1 is 1.00 bits per heavy atom. The molecule has 106 valence electrons. The fourth-order valence-corrected chi connectivity index (χ4v) is 1.91. The van der Waals surface area contributed by atoms with Crippen LogP contribution in [0.2, 0.25) is 0 Å². The van der Waals surface area contributed by atoms with Crippen molar-refractivity contribution in [3.8, 4) is 11.1 Å². The number of rotatable bonds is 3. The van der Waals surface area contributed by atoms with E-state index < -0.39 is 17.8 Å². The second-order valence-corrected chi connectivity index (χ2v) is 4.49. The molecule has 20 heavy (non-hydrogen) atoms. The lowest BCUT2D eigenvalue weighted by Crippen LogP contribution is -2.14. The second kappa shape index (κ2) is 5.64. The van der Waals surface area contributed by atoms with Gasteiger partial charge in [-0.15, -0.1) is 0 Å². The number of hydrogen-bond donors (Lipinski definition) is 2. The van der Waals surface area contributed by atoms with Gasteiger partial charge in [0.2, 0.25) is 0 Å². The molecule has 0 spiro atoms. The molecule has 0 unspecified atom stereocenters. The first-order chi connectivity index (χ1) is 9.41. The Balaban J connectivity index is 2.32. The van der Waals surface area contributed by atoms with Crippen LogP contribution >= 0.6 is 0 Å². The topological polar surface area (TPSA) is 46.2 Å². The van der Waals surface area contributed by atoms with E-state index in [-0.39, 0.29) is 6.61 Å². The molecule has 0 fully saturated rings. The molecular formula is C15H14F3NO. The van der Waals surface area contributed by atoms with E-state index in [9.17, 15) is 13.2 Å². The van der Waals surface area contributed by atoms with E-state index >= 15 is 0 Å². The number of nitrogens with two attached hydrogens (primary N) is 1. The average molecular weight is 281 g/mol. The first-order valence-corrected chi connectivity index (χ1v) is 6.06. The molecule has 2 nitrogen and oxygen atoms in total. The highest BCUT2D eigenvalue weighted by Gasteiger charge is 2.29. The predicted octanol–water partition coefficient (Wildman–Crippen LogP) is 3.36. The van der Waals surface area contributed by atoms with Gasteiger partial charge in [-0.25, -0.2) is 0 Å². The smallest absolute Gasteiger partial charge is 0.394 e. The van der Waals surface area contributed by atoms with Gasteiger partial charge in [-0.05, 0) is 34.9 Å². The van der Waals surface area contributed by atoms with Crippen LogP contribution in [0.4, 0.5) is 13.2 Å². The molecule has 0 heterocycles. The summed E-state index contributed by atoms with van der Waals surface area (Å²) in [5, 5.41) is 9.03. The van der Waals surface area contributed by atoms with Crippen LogP contribution in [0.1, 0.15) is 17.2 Å². The Labute approximate surface area is 114 Å². The SMILES string of the molecule is N[C@@H](CO)c1cccc(-c2ccc(C(F)(F)F)cc2)c1. The molecule has 0 bridgehead atoms. The zero-order chi connectivity index (χ0) is 14.8. The first kappa shape index (κ1) is 14.6. The standard InChI is InChI=1S/C15H14F3NO/c16-15(17,18)13-6-4-10(5-7-13)11-2-1-3-12(8-11)14(19)9-20/h1-8,14,20H,9,19H2/t14-/m0/s1. The van der Waals surface area contributed by atoms with Crippen LogP contribution < -0.4 is 5.73 Å². The Hall–Kier alpha value is -1.85. The van der Waals surface area contributed by atoms with Gasteiger partial charge in [0, 0.05) is 0 Å². The highest BCUT2D eigenvalue weighted by molar-refractivity contribution is 5.64. The van der Waals surface area contributed by atoms with E-state index in [1.165, 1.54) is 12.1 Å². The molecule has 0 aliphatic rings. The van der Waals surface area contributed by atoms with Gasteiger partial charge < -0.3 is 10.8 Å². The molecule has 2 aromatic carbocycles. The molecular weight excluding hydrogens is 267 g/mol. The van der Waals surface area contributed by atoms with Crippen molar-refractivity contribution < 1.29 is 18.3 Å². The van der Waals surface area contributed by atoms with Crippen LogP contribution in [0.15, 0.2) is 48.5 Å². The van der Waals surface area contributed by atoms with Crippen LogP contribution in [-0.4, -0.2) is 11.7 Å². The lowest BCUT2D eigenvalue weighted by Gasteiger charge is -2.11. The average Bonchev–Trinajstić information content (AvgIpc) is 2.46. The van der Waals surface area contributed by atoms with E-state index in [0.717, 1.165) is 23.3 Å². The van der Waals surface area contributed by atoms with Gasteiger partial charge >= 0.3 is 6.18 Å². The van der Waals surface area contributed by atoms with Crippen molar-refractivity contribution in [3.05, 3.63) is 59.7 Å². The highest BCUT2D eigenvalue weighted by Crippen LogP contribution is 2.31. The molecule has 3 N–H and O–H groups in total. The molecule has 0 aliphatic carbocycles. The molecule has 0 aromatic heterocycles. The third-order valence-corrected chi connectivity index (χ3v) is 3.06. The van der Waals surface area contributed by atoms with E-state index in [1.807, 2.05) is 0 Å². The molecule has 2 rings (SSSR count). The molecule has 2 aromatic rings. The highest BCUT2D eigenvalue weighted by atomic mass is 19.4. The summed E-state index contributed by atoms with van der Waals surface area (Å²) in [4.78, 5) is 0. The Morgan fingerprint density at radius 2 is 1.65 bits per heavy atom. The monoisotopic (exact) mass is 281 g/mol. The van der Waals surface area contributed by atoms with Gasteiger partial charge in [0.25, 0.3) is 0 Å². The Morgan fingerprint density at radius 3 is 2.20 bits per heavy atom. The number of aliphatic hydroxyl groups is 1. The third kappa shape index (κ3) is 3.18. The van der Waals surface area contributed by atoms with Crippen LogP contribution in [0.5, 0.6) is 0 Å². The normalized spacial score (nSPS) is 13.2. The predicted molar refractivity (Wildman–Crippen MR) is 70.9 cm³/mol. The van der Waals surface area contributed by atoms with Crippen molar-refractivity contribution in [3.63, 3.8) is 0 Å².